The molecule has 0 saturated heterocycles. The summed E-state index contributed by atoms with van der Waals surface area (Å²) in [5, 5.41) is 0. The van der Waals surface area contributed by atoms with Crippen LogP contribution in [0.3, 0.4) is 0 Å². The van der Waals surface area contributed by atoms with Crippen molar-refractivity contribution in [1.82, 2.24) is 4.98 Å². The van der Waals surface area contributed by atoms with Crippen molar-refractivity contribution < 1.29 is 4.42 Å². The van der Waals surface area contributed by atoms with E-state index in [0.717, 1.165) is 35.4 Å². The first-order valence-corrected chi connectivity index (χ1v) is 5.60. The summed E-state index contributed by atoms with van der Waals surface area (Å²) in [7, 11) is 0. The van der Waals surface area contributed by atoms with Crippen LogP contribution in [-0.4, -0.2) is 10.5 Å². The summed E-state index contributed by atoms with van der Waals surface area (Å²) in [6.45, 7) is 6.06. The van der Waals surface area contributed by atoms with E-state index in [9.17, 15) is 0 Å². The summed E-state index contributed by atoms with van der Waals surface area (Å²) in [4.78, 5) is 4.45. The van der Waals surface area contributed by atoms with Gasteiger partial charge in [-0.1, -0.05) is 12.1 Å². The molecule has 0 aliphatic heterocycles. The average molecular weight is 218 g/mol. The topological polar surface area (TPSA) is 52.0 Å². The Morgan fingerprint density at radius 2 is 2.12 bits per heavy atom. The van der Waals surface area contributed by atoms with Crippen LogP contribution in [0.25, 0.3) is 11.1 Å². The number of fused-ring (bicyclic) bond motifs is 1. The van der Waals surface area contributed by atoms with E-state index in [2.05, 4.69) is 4.98 Å². The number of benzene rings is 1. The minimum absolute atomic E-state index is 0.171. The van der Waals surface area contributed by atoms with Gasteiger partial charge in [-0.2, -0.15) is 0 Å². The van der Waals surface area contributed by atoms with Gasteiger partial charge in [-0.05, 0) is 38.8 Å². The van der Waals surface area contributed by atoms with E-state index in [0.29, 0.717) is 0 Å². The number of para-hydroxylation sites is 1. The molecule has 2 N–H and O–H groups in total. The highest BCUT2D eigenvalue weighted by Crippen LogP contribution is 2.20. The third kappa shape index (κ3) is 2.42. The van der Waals surface area contributed by atoms with E-state index in [1.807, 2.05) is 39.0 Å². The van der Waals surface area contributed by atoms with Crippen LogP contribution in [0.2, 0.25) is 0 Å². The first kappa shape index (κ1) is 11.1. The highest BCUT2D eigenvalue weighted by Gasteiger charge is 2.14. The van der Waals surface area contributed by atoms with Gasteiger partial charge in [0.25, 0.3) is 0 Å². The predicted octanol–water partition coefficient (Wildman–Crippen LogP) is 2.81. The van der Waals surface area contributed by atoms with Crippen LogP contribution >= 0.6 is 0 Å². The molecule has 86 valence electrons. The second-order valence-corrected chi connectivity index (χ2v) is 5.02. The van der Waals surface area contributed by atoms with Crippen LogP contribution in [0.4, 0.5) is 0 Å². The molecule has 3 nitrogen and oxygen atoms in total. The van der Waals surface area contributed by atoms with Crippen LogP contribution in [0.5, 0.6) is 0 Å². The summed E-state index contributed by atoms with van der Waals surface area (Å²) >= 11 is 0. The number of nitrogens with two attached hydrogens (primary N) is 1. The highest BCUT2D eigenvalue weighted by molar-refractivity contribution is 5.75. The molecule has 2 aromatic rings. The fourth-order valence-electron chi connectivity index (χ4n) is 1.67. The Balaban J connectivity index is 2.24. The monoisotopic (exact) mass is 218 g/mol. The van der Waals surface area contributed by atoms with Crippen molar-refractivity contribution in [1.29, 1.82) is 0 Å². The second kappa shape index (κ2) is 3.91. The van der Waals surface area contributed by atoms with Gasteiger partial charge in [-0.25, -0.2) is 4.98 Å². The lowest BCUT2D eigenvalue weighted by molar-refractivity contribution is 0.434. The van der Waals surface area contributed by atoms with E-state index in [4.69, 9.17) is 10.2 Å². The van der Waals surface area contributed by atoms with Crippen molar-refractivity contribution in [2.24, 2.45) is 5.73 Å². The Morgan fingerprint density at radius 3 is 2.75 bits per heavy atom. The molecule has 16 heavy (non-hydrogen) atoms. The van der Waals surface area contributed by atoms with Gasteiger partial charge < -0.3 is 10.2 Å². The Bertz CT molecular complexity index is 494. The van der Waals surface area contributed by atoms with Crippen molar-refractivity contribution in [2.45, 2.75) is 39.2 Å². The van der Waals surface area contributed by atoms with Gasteiger partial charge in [0.1, 0.15) is 5.52 Å². The Labute approximate surface area is 95.7 Å². The molecule has 3 heteroatoms. The van der Waals surface area contributed by atoms with E-state index in [-0.39, 0.29) is 5.54 Å². The first-order chi connectivity index (χ1) is 7.46. The van der Waals surface area contributed by atoms with Gasteiger partial charge in [0.05, 0.1) is 0 Å². The maximum atomic E-state index is 5.94. The molecule has 0 amide bonds. The number of nitrogens with zero attached hydrogens (tertiary/aromatic N) is 1. The molecule has 0 bridgehead atoms. The maximum absolute atomic E-state index is 5.94. The lowest BCUT2D eigenvalue weighted by Gasteiger charge is -2.16. The summed E-state index contributed by atoms with van der Waals surface area (Å²) < 4.78 is 5.73. The highest BCUT2D eigenvalue weighted by atomic mass is 16.3. The molecule has 0 saturated carbocycles. The molecule has 0 radical (unpaired) electrons. The Morgan fingerprint density at radius 1 is 1.38 bits per heavy atom. The Hall–Kier alpha value is -1.35. The normalized spacial score (nSPS) is 12.2. The minimum atomic E-state index is -0.171. The molecule has 1 heterocycles. The van der Waals surface area contributed by atoms with E-state index in [1.54, 1.807) is 0 Å². The van der Waals surface area contributed by atoms with Crippen molar-refractivity contribution in [3.05, 3.63) is 29.7 Å². The Kier molecular flexibility index (Phi) is 2.72. The van der Waals surface area contributed by atoms with E-state index in [1.165, 1.54) is 0 Å². The molecule has 2 rings (SSSR count). The maximum Gasteiger partial charge on any atom is 0.195 e. The summed E-state index contributed by atoms with van der Waals surface area (Å²) in [5.74, 6) is 0.780. The van der Waals surface area contributed by atoms with Gasteiger partial charge in [0.15, 0.2) is 11.5 Å². The van der Waals surface area contributed by atoms with Crippen molar-refractivity contribution in [3.8, 4) is 0 Å². The zero-order chi connectivity index (χ0) is 11.8. The third-order valence-corrected chi connectivity index (χ3v) is 2.64. The molecule has 0 fully saturated rings. The molecule has 0 unspecified atom stereocenters. The third-order valence-electron chi connectivity index (χ3n) is 2.64. The van der Waals surface area contributed by atoms with Crippen LogP contribution in [0.1, 0.15) is 31.7 Å². The number of hydrogen-bond acceptors (Lipinski definition) is 3. The number of oxazole rings is 1. The molecule has 0 aliphatic carbocycles. The van der Waals surface area contributed by atoms with Crippen LogP contribution in [-0.2, 0) is 6.42 Å². The number of aryl methyl sites for hydroxylation is 2. The lowest BCUT2D eigenvalue weighted by atomic mass is 10.0. The van der Waals surface area contributed by atoms with Gasteiger partial charge in [-0.3, -0.25) is 0 Å². The molecule has 1 aromatic heterocycles. The SMILES string of the molecule is Cc1cccc2nc(CCC(C)(C)N)oc12. The van der Waals surface area contributed by atoms with E-state index < -0.39 is 0 Å². The summed E-state index contributed by atoms with van der Waals surface area (Å²) in [6, 6.07) is 6.00. The van der Waals surface area contributed by atoms with Gasteiger partial charge in [0.2, 0.25) is 0 Å². The fourth-order valence-corrected chi connectivity index (χ4v) is 1.67. The molecular weight excluding hydrogens is 200 g/mol. The van der Waals surface area contributed by atoms with Crippen LogP contribution < -0.4 is 5.73 Å². The fraction of sp³-hybridized carbons (Fsp3) is 0.462. The van der Waals surface area contributed by atoms with E-state index >= 15 is 0 Å². The molecule has 0 atom stereocenters. The summed E-state index contributed by atoms with van der Waals surface area (Å²) in [6.07, 6.45) is 1.66. The smallest absolute Gasteiger partial charge is 0.195 e. The molecule has 0 aliphatic rings. The minimum Gasteiger partial charge on any atom is -0.440 e. The summed E-state index contributed by atoms with van der Waals surface area (Å²) in [5.41, 5.74) is 8.73. The number of rotatable bonds is 3. The number of hydrogen-bond donors (Lipinski definition) is 1. The van der Waals surface area contributed by atoms with Crippen molar-refractivity contribution in [2.75, 3.05) is 0 Å². The van der Waals surface area contributed by atoms with Crippen LogP contribution in [0.15, 0.2) is 22.6 Å². The van der Waals surface area contributed by atoms with Crippen molar-refractivity contribution in [3.63, 3.8) is 0 Å². The van der Waals surface area contributed by atoms with Gasteiger partial charge in [-0.15, -0.1) is 0 Å². The first-order valence-electron chi connectivity index (χ1n) is 5.60. The molecular formula is C13H18N2O. The largest absolute Gasteiger partial charge is 0.440 e. The van der Waals surface area contributed by atoms with Gasteiger partial charge >= 0.3 is 0 Å². The molecule has 1 aromatic carbocycles. The lowest BCUT2D eigenvalue weighted by Crippen LogP contribution is -2.32. The second-order valence-electron chi connectivity index (χ2n) is 5.02. The zero-order valence-electron chi connectivity index (χ0n) is 10.1. The van der Waals surface area contributed by atoms with Gasteiger partial charge in [0, 0.05) is 12.0 Å². The zero-order valence-corrected chi connectivity index (χ0v) is 10.1. The van der Waals surface area contributed by atoms with Crippen molar-refractivity contribution >= 4 is 11.1 Å². The quantitative estimate of drug-likeness (QED) is 0.861. The van der Waals surface area contributed by atoms with Crippen LogP contribution in [0, 0.1) is 6.92 Å². The average Bonchev–Trinajstić information content (AvgIpc) is 2.58. The molecule has 0 spiro atoms. The predicted molar refractivity (Wildman–Crippen MR) is 65.3 cm³/mol. The standard InChI is InChI=1S/C13H18N2O/c1-9-5-4-6-10-12(9)16-11(15-10)7-8-13(2,3)14/h4-6H,7-8,14H2,1-3H3. The number of aromatic nitrogens is 1.